The van der Waals surface area contributed by atoms with E-state index in [1.165, 1.54) is 0 Å². The smallest absolute Gasteiger partial charge is 0.191 e. The van der Waals surface area contributed by atoms with Gasteiger partial charge >= 0.3 is 0 Å². The second-order valence-electron chi connectivity index (χ2n) is 8.13. The van der Waals surface area contributed by atoms with Gasteiger partial charge in [-0.2, -0.15) is 0 Å². The molecule has 1 aliphatic rings. The van der Waals surface area contributed by atoms with Crippen LogP contribution in [-0.4, -0.2) is 44.0 Å². The Hall–Kier alpha value is -1.22. The van der Waals surface area contributed by atoms with Gasteiger partial charge in [-0.15, -0.1) is 24.0 Å². The molecule has 0 aromatic heterocycles. The summed E-state index contributed by atoms with van der Waals surface area (Å²) in [4.78, 5) is 4.63. The van der Waals surface area contributed by atoms with Crippen LogP contribution in [0.1, 0.15) is 46.1 Å². The zero-order valence-electron chi connectivity index (χ0n) is 17.7. The Morgan fingerprint density at radius 2 is 2.07 bits per heavy atom. The Morgan fingerprint density at radius 1 is 1.32 bits per heavy atom. The number of hydrogen-bond acceptors (Lipinski definition) is 4. The van der Waals surface area contributed by atoms with E-state index >= 15 is 0 Å². The predicted molar refractivity (Wildman–Crippen MR) is 125 cm³/mol. The van der Waals surface area contributed by atoms with Crippen molar-refractivity contribution < 1.29 is 14.6 Å². The molecule has 3 N–H and O–H groups in total. The summed E-state index contributed by atoms with van der Waals surface area (Å²) in [6.07, 6.45) is 2.50. The van der Waals surface area contributed by atoms with Gasteiger partial charge in [-0.1, -0.05) is 20.8 Å². The number of rotatable bonds is 6. The molecule has 1 aromatic rings. The van der Waals surface area contributed by atoms with Gasteiger partial charge in [0.1, 0.15) is 11.5 Å². The van der Waals surface area contributed by atoms with Crippen LogP contribution in [-0.2, 0) is 11.3 Å². The average Bonchev–Trinajstić information content (AvgIpc) is 2.64. The maximum atomic E-state index is 10.0. The number of methoxy groups -OCH3 is 1. The van der Waals surface area contributed by atoms with Crippen molar-refractivity contribution in [3.05, 3.63) is 23.8 Å². The maximum Gasteiger partial charge on any atom is 0.191 e. The van der Waals surface area contributed by atoms with Crippen molar-refractivity contribution in [1.82, 2.24) is 10.6 Å². The van der Waals surface area contributed by atoms with Gasteiger partial charge in [0.25, 0.3) is 0 Å². The molecule has 1 aromatic carbocycles. The van der Waals surface area contributed by atoms with Gasteiger partial charge < -0.3 is 25.2 Å². The van der Waals surface area contributed by atoms with E-state index in [-0.39, 0.29) is 41.2 Å². The highest BCUT2D eigenvalue weighted by Crippen LogP contribution is 2.33. The predicted octanol–water partition coefficient (Wildman–Crippen LogP) is 3.92. The van der Waals surface area contributed by atoms with Gasteiger partial charge in [0, 0.05) is 31.2 Å². The second kappa shape index (κ2) is 11.7. The van der Waals surface area contributed by atoms with Crippen molar-refractivity contribution in [3.63, 3.8) is 0 Å². The van der Waals surface area contributed by atoms with Gasteiger partial charge in [0.2, 0.25) is 0 Å². The Balaban J connectivity index is 0.00000392. The number of nitrogens with one attached hydrogen (secondary N) is 2. The van der Waals surface area contributed by atoms with Crippen LogP contribution in [0.15, 0.2) is 23.2 Å². The van der Waals surface area contributed by atoms with Crippen molar-refractivity contribution in [2.45, 2.75) is 53.2 Å². The van der Waals surface area contributed by atoms with Crippen LogP contribution in [0.5, 0.6) is 11.5 Å². The van der Waals surface area contributed by atoms with Gasteiger partial charge in [0.05, 0.1) is 19.8 Å². The number of hydrogen-bond donors (Lipinski definition) is 3. The lowest BCUT2D eigenvalue weighted by Gasteiger charge is -2.40. The summed E-state index contributed by atoms with van der Waals surface area (Å²) in [6, 6.07) is 5.19. The molecule has 0 bridgehead atoms. The van der Waals surface area contributed by atoms with Gasteiger partial charge in [-0.25, -0.2) is 4.99 Å². The van der Waals surface area contributed by atoms with Crippen molar-refractivity contribution in [2.75, 3.05) is 26.8 Å². The first kappa shape index (κ1) is 24.8. The number of guanidine groups is 1. The Labute approximate surface area is 186 Å². The number of halogens is 1. The lowest BCUT2D eigenvalue weighted by Crippen LogP contribution is -2.47. The number of benzene rings is 1. The number of ether oxygens (including phenoxy) is 2. The molecule has 6 nitrogen and oxygen atoms in total. The Bertz CT molecular complexity index is 632. The van der Waals surface area contributed by atoms with E-state index in [9.17, 15) is 5.11 Å². The highest BCUT2D eigenvalue weighted by Gasteiger charge is 2.35. The van der Waals surface area contributed by atoms with E-state index in [2.05, 4.69) is 36.4 Å². The van der Waals surface area contributed by atoms with E-state index in [1.54, 1.807) is 19.2 Å². The Morgan fingerprint density at radius 3 is 2.71 bits per heavy atom. The molecule has 160 valence electrons. The SMILES string of the molecule is CCNC(=NCc1cc(OC)ccc1O)NCC1CCCOC1C(C)(C)C.I. The summed E-state index contributed by atoms with van der Waals surface area (Å²) < 4.78 is 11.3. The maximum absolute atomic E-state index is 10.0. The standard InChI is InChI=1S/C21H35N3O3.HI/c1-6-22-20(24-14-16-12-17(26-5)9-10-18(16)25)23-13-15-8-7-11-27-19(15)21(2,3)4;/h9-10,12,15,19,25H,6-8,11,13-14H2,1-5H3,(H2,22,23,24);1H. The van der Waals surface area contributed by atoms with E-state index in [0.717, 1.165) is 44.1 Å². The lowest BCUT2D eigenvalue weighted by molar-refractivity contribution is -0.0835. The molecule has 0 radical (unpaired) electrons. The fraction of sp³-hybridized carbons (Fsp3) is 0.667. The van der Waals surface area contributed by atoms with Gasteiger partial charge in [-0.05, 0) is 43.4 Å². The van der Waals surface area contributed by atoms with E-state index in [0.29, 0.717) is 18.2 Å². The van der Waals surface area contributed by atoms with Crippen molar-refractivity contribution >= 4 is 29.9 Å². The molecule has 0 amide bonds. The average molecular weight is 505 g/mol. The zero-order chi connectivity index (χ0) is 19.9. The number of aromatic hydroxyl groups is 1. The highest BCUT2D eigenvalue weighted by atomic mass is 127. The molecule has 28 heavy (non-hydrogen) atoms. The second-order valence-corrected chi connectivity index (χ2v) is 8.13. The molecular weight excluding hydrogens is 469 g/mol. The van der Waals surface area contributed by atoms with Crippen LogP contribution in [0.3, 0.4) is 0 Å². The van der Waals surface area contributed by atoms with Crippen LogP contribution in [0, 0.1) is 11.3 Å². The fourth-order valence-electron chi connectivity index (χ4n) is 3.56. The summed E-state index contributed by atoms with van der Waals surface area (Å²) in [7, 11) is 1.61. The number of aliphatic imine (C=N–C) groups is 1. The molecule has 1 saturated heterocycles. The lowest BCUT2D eigenvalue weighted by atomic mass is 9.78. The molecular formula is C21H36IN3O3. The summed E-state index contributed by atoms with van der Waals surface area (Å²) in [5.74, 6) is 2.14. The third kappa shape index (κ3) is 7.31. The summed E-state index contributed by atoms with van der Waals surface area (Å²) in [6.45, 7) is 11.6. The number of phenolic OH excluding ortho intramolecular Hbond substituents is 1. The first-order valence-corrected chi connectivity index (χ1v) is 9.84. The topological polar surface area (TPSA) is 75.1 Å². The largest absolute Gasteiger partial charge is 0.508 e. The van der Waals surface area contributed by atoms with E-state index in [4.69, 9.17) is 9.47 Å². The quantitative estimate of drug-likeness (QED) is 0.311. The minimum atomic E-state index is 0. The van der Waals surface area contributed by atoms with Crippen molar-refractivity contribution in [2.24, 2.45) is 16.3 Å². The van der Waals surface area contributed by atoms with Gasteiger partial charge in [-0.3, -0.25) is 0 Å². The number of phenols is 1. The normalized spacial score (nSPS) is 20.2. The molecule has 7 heteroatoms. The zero-order valence-corrected chi connectivity index (χ0v) is 20.1. The summed E-state index contributed by atoms with van der Waals surface area (Å²) >= 11 is 0. The highest BCUT2D eigenvalue weighted by molar-refractivity contribution is 14.0. The van der Waals surface area contributed by atoms with Crippen LogP contribution in [0.2, 0.25) is 0 Å². The molecule has 1 aliphatic heterocycles. The van der Waals surface area contributed by atoms with Crippen LogP contribution < -0.4 is 15.4 Å². The Kier molecular flexibility index (Phi) is 10.4. The molecule has 2 atom stereocenters. The third-order valence-electron chi connectivity index (χ3n) is 4.87. The van der Waals surface area contributed by atoms with Crippen molar-refractivity contribution in [1.29, 1.82) is 0 Å². The van der Waals surface area contributed by atoms with Crippen LogP contribution >= 0.6 is 24.0 Å². The summed E-state index contributed by atoms with van der Waals surface area (Å²) in [5.41, 5.74) is 0.856. The molecule has 0 spiro atoms. The van der Waals surface area contributed by atoms with E-state index < -0.39 is 0 Å². The molecule has 1 heterocycles. The monoisotopic (exact) mass is 505 g/mol. The molecule has 1 fully saturated rings. The minimum Gasteiger partial charge on any atom is -0.508 e. The van der Waals surface area contributed by atoms with Gasteiger partial charge in [0.15, 0.2) is 5.96 Å². The first-order valence-electron chi connectivity index (χ1n) is 9.84. The molecule has 2 unspecified atom stereocenters. The molecule has 0 saturated carbocycles. The first-order chi connectivity index (χ1) is 12.8. The molecule has 0 aliphatic carbocycles. The number of nitrogens with zero attached hydrogens (tertiary/aromatic N) is 1. The van der Waals surface area contributed by atoms with Crippen LogP contribution in [0.4, 0.5) is 0 Å². The van der Waals surface area contributed by atoms with E-state index in [1.807, 2.05) is 13.0 Å². The van der Waals surface area contributed by atoms with Crippen molar-refractivity contribution in [3.8, 4) is 11.5 Å². The fourth-order valence-corrected chi connectivity index (χ4v) is 3.56. The molecule has 2 rings (SSSR count). The van der Waals surface area contributed by atoms with Crippen LogP contribution in [0.25, 0.3) is 0 Å². The third-order valence-corrected chi connectivity index (χ3v) is 4.87. The summed E-state index contributed by atoms with van der Waals surface area (Å²) in [5, 5.41) is 16.8. The minimum absolute atomic E-state index is 0.